The fourth-order valence-corrected chi connectivity index (χ4v) is 2.62. The van der Waals surface area contributed by atoms with Gasteiger partial charge >= 0.3 is 0 Å². The molecule has 25 heavy (non-hydrogen) atoms. The molecular weight excluding hydrogens is 316 g/mol. The highest BCUT2D eigenvalue weighted by Crippen LogP contribution is 2.30. The van der Waals surface area contributed by atoms with Crippen molar-refractivity contribution in [3.8, 4) is 0 Å². The number of para-hydroxylation sites is 2. The topological polar surface area (TPSA) is 66.7 Å². The first-order valence-corrected chi connectivity index (χ1v) is 8.26. The quantitative estimate of drug-likeness (QED) is 0.741. The molecule has 1 aliphatic heterocycles. The van der Waals surface area contributed by atoms with Crippen LogP contribution in [0.25, 0.3) is 5.52 Å². The average molecular weight is 336 g/mol. The first-order valence-electron chi connectivity index (χ1n) is 8.26. The number of benzene rings is 1. The van der Waals surface area contributed by atoms with Crippen molar-refractivity contribution in [2.24, 2.45) is 0 Å². The van der Waals surface area contributed by atoms with E-state index in [1.807, 2.05) is 24.3 Å². The molecule has 0 saturated heterocycles. The molecule has 0 atom stereocenters. The highest BCUT2D eigenvalue weighted by molar-refractivity contribution is 6.15. The Morgan fingerprint density at radius 1 is 1.20 bits per heavy atom. The Labute approximate surface area is 146 Å². The lowest BCUT2D eigenvalue weighted by molar-refractivity contribution is -0.115. The third kappa shape index (κ3) is 3.38. The van der Waals surface area contributed by atoms with E-state index in [1.165, 1.54) is 11.3 Å². The molecule has 0 fully saturated rings. The Bertz CT molecular complexity index is 916. The van der Waals surface area contributed by atoms with Crippen LogP contribution in [0, 0.1) is 0 Å². The zero-order chi connectivity index (χ0) is 17.8. The molecule has 0 unspecified atom stereocenters. The molecule has 0 spiro atoms. The van der Waals surface area contributed by atoms with E-state index < -0.39 is 0 Å². The van der Waals surface area contributed by atoms with Crippen LogP contribution in [0.1, 0.15) is 30.6 Å². The van der Waals surface area contributed by atoms with Crippen molar-refractivity contribution in [1.29, 1.82) is 0 Å². The molecular formula is C19H20N4O2. The minimum atomic E-state index is -0.210. The van der Waals surface area contributed by atoms with Gasteiger partial charge in [-0.3, -0.25) is 14.5 Å². The molecule has 128 valence electrons. The van der Waals surface area contributed by atoms with Gasteiger partial charge in [0.15, 0.2) is 0 Å². The summed E-state index contributed by atoms with van der Waals surface area (Å²) in [6.07, 6.45) is 6.33. The number of amides is 2. The van der Waals surface area contributed by atoms with E-state index in [2.05, 4.69) is 24.1 Å². The number of hydrogen-bond acceptors (Lipinski definition) is 3. The van der Waals surface area contributed by atoms with Crippen molar-refractivity contribution in [2.75, 3.05) is 16.8 Å². The van der Waals surface area contributed by atoms with Crippen molar-refractivity contribution >= 4 is 28.7 Å². The maximum atomic E-state index is 12.8. The van der Waals surface area contributed by atoms with Gasteiger partial charge in [-0.25, -0.2) is 4.98 Å². The molecule has 0 saturated carbocycles. The number of rotatable bonds is 1. The molecule has 1 aromatic carbocycles. The molecule has 2 aromatic heterocycles. The molecule has 0 radical (unpaired) electrons. The predicted molar refractivity (Wildman–Crippen MR) is 97.9 cm³/mol. The van der Waals surface area contributed by atoms with E-state index in [9.17, 15) is 9.59 Å². The summed E-state index contributed by atoms with van der Waals surface area (Å²) in [5, 5.41) is 2.77. The molecule has 1 aliphatic rings. The SMILES string of the molecule is CCC.O=C1CN(C(=O)c2ccc3cncn3c2)c2ccccc2N1. The summed E-state index contributed by atoms with van der Waals surface area (Å²) in [6, 6.07) is 10.8. The van der Waals surface area contributed by atoms with Crippen molar-refractivity contribution in [3.05, 3.63) is 60.7 Å². The molecule has 6 nitrogen and oxygen atoms in total. The molecule has 6 heteroatoms. The zero-order valence-electron chi connectivity index (χ0n) is 14.3. The first-order chi connectivity index (χ1) is 12.1. The van der Waals surface area contributed by atoms with Crippen LogP contribution in [0.5, 0.6) is 0 Å². The predicted octanol–water partition coefficient (Wildman–Crippen LogP) is 3.35. The third-order valence-electron chi connectivity index (χ3n) is 3.67. The molecule has 1 N–H and O–H groups in total. The van der Waals surface area contributed by atoms with Crippen LogP contribution in [-0.2, 0) is 4.79 Å². The highest BCUT2D eigenvalue weighted by Gasteiger charge is 2.27. The molecule has 2 amide bonds. The molecule has 0 aliphatic carbocycles. The van der Waals surface area contributed by atoms with Gasteiger partial charge in [-0.1, -0.05) is 32.4 Å². The van der Waals surface area contributed by atoms with E-state index in [1.54, 1.807) is 35.3 Å². The molecule has 3 heterocycles. The number of pyridine rings is 1. The summed E-state index contributed by atoms with van der Waals surface area (Å²) in [4.78, 5) is 30.1. The maximum Gasteiger partial charge on any atom is 0.260 e. The van der Waals surface area contributed by atoms with E-state index >= 15 is 0 Å². The molecule has 0 bridgehead atoms. The number of nitrogens with zero attached hydrogens (tertiary/aromatic N) is 3. The maximum absolute atomic E-state index is 12.8. The van der Waals surface area contributed by atoms with Gasteiger partial charge in [-0.05, 0) is 24.3 Å². The third-order valence-corrected chi connectivity index (χ3v) is 3.67. The minimum Gasteiger partial charge on any atom is -0.323 e. The van der Waals surface area contributed by atoms with Crippen molar-refractivity contribution < 1.29 is 9.59 Å². The van der Waals surface area contributed by atoms with Crippen LogP contribution in [0.4, 0.5) is 11.4 Å². The summed E-state index contributed by atoms with van der Waals surface area (Å²) in [6.45, 7) is 4.26. The van der Waals surface area contributed by atoms with E-state index in [-0.39, 0.29) is 18.4 Å². The molecule has 3 aromatic rings. The monoisotopic (exact) mass is 336 g/mol. The van der Waals surface area contributed by atoms with Crippen LogP contribution < -0.4 is 10.2 Å². The fourth-order valence-electron chi connectivity index (χ4n) is 2.62. The van der Waals surface area contributed by atoms with Crippen LogP contribution in [0.3, 0.4) is 0 Å². The number of anilines is 2. The summed E-state index contributed by atoms with van der Waals surface area (Å²) < 4.78 is 1.78. The standard InChI is InChI=1S/C16H12N4O2.C3H8/c21-15-9-20(14-4-2-1-3-13(14)18-15)16(22)11-5-6-12-7-17-10-19(12)8-11;1-3-2/h1-8,10H,9H2,(H,18,21);3H2,1-2H3. The Balaban J connectivity index is 0.000000569. The number of carbonyl (C=O) groups excluding carboxylic acids is 2. The second-order valence-electron chi connectivity index (χ2n) is 5.81. The Morgan fingerprint density at radius 3 is 2.76 bits per heavy atom. The van der Waals surface area contributed by atoms with Crippen LogP contribution in [-0.4, -0.2) is 27.7 Å². The lowest BCUT2D eigenvalue weighted by atomic mass is 10.1. The fraction of sp³-hybridized carbons (Fsp3) is 0.211. The minimum absolute atomic E-state index is 0.0117. The van der Waals surface area contributed by atoms with Crippen molar-refractivity contribution in [1.82, 2.24) is 9.38 Å². The van der Waals surface area contributed by atoms with Crippen LogP contribution in [0.2, 0.25) is 0 Å². The van der Waals surface area contributed by atoms with Gasteiger partial charge < -0.3 is 9.72 Å². The first kappa shape index (κ1) is 16.7. The van der Waals surface area contributed by atoms with Gasteiger partial charge in [-0.2, -0.15) is 0 Å². The highest BCUT2D eigenvalue weighted by atomic mass is 16.2. The van der Waals surface area contributed by atoms with Gasteiger partial charge in [0.1, 0.15) is 6.54 Å². The Hall–Kier alpha value is -3.15. The summed E-state index contributed by atoms with van der Waals surface area (Å²) in [7, 11) is 0. The van der Waals surface area contributed by atoms with E-state index in [0.717, 1.165) is 5.52 Å². The largest absolute Gasteiger partial charge is 0.323 e. The van der Waals surface area contributed by atoms with E-state index in [4.69, 9.17) is 0 Å². The van der Waals surface area contributed by atoms with Crippen LogP contribution >= 0.6 is 0 Å². The Morgan fingerprint density at radius 2 is 1.96 bits per heavy atom. The number of fused-ring (bicyclic) bond motifs is 2. The summed E-state index contributed by atoms with van der Waals surface area (Å²) in [5.41, 5.74) is 2.77. The summed E-state index contributed by atoms with van der Waals surface area (Å²) >= 11 is 0. The lowest BCUT2D eigenvalue weighted by Gasteiger charge is -2.29. The number of aromatic nitrogens is 2. The van der Waals surface area contributed by atoms with Crippen molar-refractivity contribution in [3.63, 3.8) is 0 Å². The van der Waals surface area contributed by atoms with Crippen LogP contribution in [0.15, 0.2) is 55.1 Å². The van der Waals surface area contributed by atoms with Gasteiger partial charge in [0.25, 0.3) is 5.91 Å². The normalized spacial score (nSPS) is 12.9. The van der Waals surface area contributed by atoms with E-state index in [0.29, 0.717) is 16.9 Å². The number of hydrogen-bond donors (Lipinski definition) is 1. The Kier molecular flexibility index (Phi) is 4.79. The zero-order valence-corrected chi connectivity index (χ0v) is 14.3. The lowest BCUT2D eigenvalue weighted by Crippen LogP contribution is -2.42. The number of carbonyl (C=O) groups is 2. The van der Waals surface area contributed by atoms with Gasteiger partial charge in [0, 0.05) is 6.20 Å². The molecule has 4 rings (SSSR count). The number of imidazole rings is 1. The summed E-state index contributed by atoms with van der Waals surface area (Å²) in [5.74, 6) is -0.409. The second kappa shape index (κ2) is 7.17. The van der Waals surface area contributed by atoms with Crippen molar-refractivity contribution in [2.45, 2.75) is 20.3 Å². The average Bonchev–Trinajstić information content (AvgIpc) is 3.08. The van der Waals surface area contributed by atoms with Gasteiger partial charge in [0.05, 0.1) is 35.0 Å². The second-order valence-corrected chi connectivity index (χ2v) is 5.81. The van der Waals surface area contributed by atoms with Gasteiger partial charge in [-0.15, -0.1) is 0 Å². The smallest absolute Gasteiger partial charge is 0.260 e. The van der Waals surface area contributed by atoms with Gasteiger partial charge in [0.2, 0.25) is 5.91 Å². The number of nitrogens with one attached hydrogen (secondary N) is 1.